The molecule has 5 nitrogen and oxygen atoms in total. The average molecular weight is 243 g/mol. The Hall–Kier alpha value is -1.43. The number of nitro groups is 1. The third kappa shape index (κ3) is 3.98. The first-order valence-electron chi connectivity index (χ1n) is 4.95. The van der Waals surface area contributed by atoms with E-state index in [1.807, 2.05) is 0 Å². The molecule has 2 rings (SSSR count). The predicted octanol–water partition coefficient (Wildman–Crippen LogP) is 2.76. The monoisotopic (exact) mass is 243 g/mol. The van der Waals surface area contributed by atoms with E-state index in [1.54, 1.807) is 12.3 Å². The summed E-state index contributed by atoms with van der Waals surface area (Å²) in [6.45, 7) is 1.60. The molecule has 1 aromatic rings. The smallest absolute Gasteiger partial charge is 0.308 e. The zero-order valence-corrected chi connectivity index (χ0v) is 9.75. The largest absolute Gasteiger partial charge is 0.481 e. The normalized spacial score (nSPS) is 12.6. The molecule has 1 aliphatic rings. The van der Waals surface area contributed by atoms with Gasteiger partial charge in [0.2, 0.25) is 0 Å². The van der Waals surface area contributed by atoms with Crippen LogP contribution < -0.4 is 0 Å². The molecule has 1 saturated carbocycles. The van der Waals surface area contributed by atoms with Crippen LogP contribution >= 0.6 is 11.3 Å². The molecule has 0 atom stereocenters. The molecule has 16 heavy (non-hydrogen) atoms. The van der Waals surface area contributed by atoms with Gasteiger partial charge in [-0.25, -0.2) is 0 Å². The molecule has 1 N–H and O–H groups in total. The van der Waals surface area contributed by atoms with E-state index in [9.17, 15) is 14.9 Å². The van der Waals surface area contributed by atoms with Crippen LogP contribution in [-0.2, 0) is 11.2 Å². The summed E-state index contributed by atoms with van der Waals surface area (Å²) in [5.41, 5.74) is 0.457. The zero-order chi connectivity index (χ0) is 12.1. The van der Waals surface area contributed by atoms with Crippen molar-refractivity contribution in [2.24, 2.45) is 0 Å². The highest BCUT2D eigenvalue weighted by Gasteiger charge is 2.21. The summed E-state index contributed by atoms with van der Waals surface area (Å²) >= 11 is 1.11. The first-order chi connectivity index (χ1) is 7.52. The number of aryl methyl sites for hydroxylation is 1. The Kier molecular flexibility index (Phi) is 4.42. The van der Waals surface area contributed by atoms with Crippen LogP contribution in [0, 0.1) is 17.0 Å². The highest BCUT2D eigenvalue weighted by atomic mass is 32.1. The fourth-order valence-corrected chi connectivity index (χ4v) is 1.98. The van der Waals surface area contributed by atoms with E-state index in [0.717, 1.165) is 11.3 Å². The number of carboxylic acids is 1. The van der Waals surface area contributed by atoms with E-state index >= 15 is 0 Å². The summed E-state index contributed by atoms with van der Waals surface area (Å²) in [6, 6.07) is 0. The van der Waals surface area contributed by atoms with Gasteiger partial charge in [0.15, 0.2) is 0 Å². The lowest BCUT2D eigenvalue weighted by Crippen LogP contribution is -2.01. The van der Waals surface area contributed by atoms with E-state index in [2.05, 4.69) is 0 Å². The molecule has 88 valence electrons. The molecule has 1 aliphatic carbocycles. The first-order valence-corrected chi connectivity index (χ1v) is 5.83. The summed E-state index contributed by atoms with van der Waals surface area (Å²) < 4.78 is 0. The van der Waals surface area contributed by atoms with Crippen molar-refractivity contribution in [3.63, 3.8) is 0 Å². The Balaban J connectivity index is 0.000000365. The SMILES string of the molecule is C1CC1.Cc1csc(CC(=O)O)c1[N+](=O)[O-]. The number of aliphatic carboxylic acids is 1. The summed E-state index contributed by atoms with van der Waals surface area (Å²) in [7, 11) is 0. The van der Waals surface area contributed by atoms with E-state index < -0.39 is 10.9 Å². The van der Waals surface area contributed by atoms with Gasteiger partial charge in [-0.15, -0.1) is 11.3 Å². The summed E-state index contributed by atoms with van der Waals surface area (Å²) in [6.07, 6.45) is 4.22. The Labute approximate surface area is 96.9 Å². The zero-order valence-electron chi connectivity index (χ0n) is 8.93. The molecule has 0 aromatic carbocycles. The van der Waals surface area contributed by atoms with Crippen molar-refractivity contribution in [3.05, 3.63) is 25.9 Å². The van der Waals surface area contributed by atoms with Gasteiger partial charge in [0.1, 0.15) is 0 Å². The van der Waals surface area contributed by atoms with Crippen molar-refractivity contribution in [1.82, 2.24) is 0 Å². The maximum Gasteiger partial charge on any atom is 0.308 e. The van der Waals surface area contributed by atoms with Crippen LogP contribution in [0.2, 0.25) is 0 Å². The van der Waals surface area contributed by atoms with Gasteiger partial charge >= 0.3 is 5.97 Å². The van der Waals surface area contributed by atoms with Crippen molar-refractivity contribution in [3.8, 4) is 0 Å². The highest BCUT2D eigenvalue weighted by molar-refractivity contribution is 7.10. The predicted molar refractivity (Wildman–Crippen MR) is 60.9 cm³/mol. The van der Waals surface area contributed by atoms with Gasteiger partial charge in [-0.2, -0.15) is 0 Å². The second-order valence-corrected chi connectivity index (χ2v) is 4.54. The standard InChI is InChI=1S/C7H7NO4S.C3H6/c1-4-3-13-5(2-6(9)10)7(4)8(11)12;1-2-3-1/h3H,2H2,1H3,(H,9,10);1-3H2. The van der Waals surface area contributed by atoms with Gasteiger partial charge in [-0.1, -0.05) is 19.3 Å². The molecular formula is C10H13NO4S. The number of hydrogen-bond acceptors (Lipinski definition) is 4. The van der Waals surface area contributed by atoms with Crippen LogP contribution in [0.15, 0.2) is 5.38 Å². The maximum atomic E-state index is 10.5. The Bertz CT molecular complexity index is 395. The maximum absolute atomic E-state index is 10.5. The average Bonchev–Trinajstić information content (AvgIpc) is 2.97. The molecule has 0 aliphatic heterocycles. The lowest BCUT2D eigenvalue weighted by atomic mass is 10.2. The molecule has 6 heteroatoms. The first kappa shape index (κ1) is 12.6. The van der Waals surface area contributed by atoms with E-state index in [0.29, 0.717) is 10.4 Å². The molecule has 0 unspecified atom stereocenters. The minimum absolute atomic E-state index is 0.0626. The Morgan fingerprint density at radius 1 is 1.56 bits per heavy atom. The summed E-state index contributed by atoms with van der Waals surface area (Å²) in [4.78, 5) is 20.6. The van der Waals surface area contributed by atoms with Gasteiger partial charge in [0.05, 0.1) is 16.2 Å². The minimum atomic E-state index is -1.05. The number of nitrogens with zero attached hydrogens (tertiary/aromatic N) is 1. The molecule has 0 bridgehead atoms. The van der Waals surface area contributed by atoms with Crippen LogP contribution in [-0.4, -0.2) is 16.0 Å². The Morgan fingerprint density at radius 2 is 2.12 bits per heavy atom. The van der Waals surface area contributed by atoms with Crippen LogP contribution in [0.5, 0.6) is 0 Å². The highest BCUT2D eigenvalue weighted by Crippen LogP contribution is 2.29. The van der Waals surface area contributed by atoms with E-state index in [4.69, 9.17) is 5.11 Å². The van der Waals surface area contributed by atoms with Crippen molar-refractivity contribution in [1.29, 1.82) is 0 Å². The van der Waals surface area contributed by atoms with Crippen molar-refractivity contribution < 1.29 is 14.8 Å². The molecule has 1 fully saturated rings. The summed E-state index contributed by atoms with van der Waals surface area (Å²) in [5, 5.41) is 20.6. The molecule has 0 saturated heterocycles. The fourth-order valence-electron chi connectivity index (χ4n) is 1.000. The minimum Gasteiger partial charge on any atom is -0.481 e. The van der Waals surface area contributed by atoms with Gasteiger partial charge in [0.25, 0.3) is 5.69 Å². The molecule has 1 heterocycles. The molecule has 1 aromatic heterocycles. The second kappa shape index (κ2) is 5.60. The van der Waals surface area contributed by atoms with E-state index in [1.165, 1.54) is 19.3 Å². The van der Waals surface area contributed by atoms with Crippen LogP contribution in [0.1, 0.15) is 29.7 Å². The van der Waals surface area contributed by atoms with Gasteiger partial charge in [0, 0.05) is 10.9 Å². The molecule has 0 spiro atoms. The third-order valence-corrected chi connectivity index (χ3v) is 2.96. The number of hydrogen-bond donors (Lipinski definition) is 1. The molecule has 0 radical (unpaired) electrons. The lowest BCUT2D eigenvalue weighted by molar-refractivity contribution is -0.385. The van der Waals surface area contributed by atoms with Crippen LogP contribution in [0.4, 0.5) is 5.69 Å². The number of thiophene rings is 1. The number of carboxylic acid groups (broad SMARTS) is 1. The van der Waals surface area contributed by atoms with Gasteiger partial charge < -0.3 is 5.11 Å². The summed E-state index contributed by atoms with van der Waals surface area (Å²) in [5.74, 6) is -1.05. The Morgan fingerprint density at radius 3 is 2.50 bits per heavy atom. The van der Waals surface area contributed by atoms with Crippen molar-refractivity contribution in [2.45, 2.75) is 32.6 Å². The number of rotatable bonds is 3. The fraction of sp³-hybridized carbons (Fsp3) is 0.500. The van der Waals surface area contributed by atoms with Crippen LogP contribution in [0.3, 0.4) is 0 Å². The lowest BCUT2D eigenvalue weighted by Gasteiger charge is -1.92. The van der Waals surface area contributed by atoms with Gasteiger partial charge in [-0.3, -0.25) is 14.9 Å². The topological polar surface area (TPSA) is 80.4 Å². The quantitative estimate of drug-likeness (QED) is 0.653. The second-order valence-electron chi connectivity index (χ2n) is 3.58. The van der Waals surface area contributed by atoms with Crippen molar-refractivity contribution in [2.75, 3.05) is 0 Å². The third-order valence-electron chi connectivity index (χ3n) is 1.86. The number of carbonyl (C=O) groups is 1. The van der Waals surface area contributed by atoms with Gasteiger partial charge in [-0.05, 0) is 6.92 Å². The van der Waals surface area contributed by atoms with E-state index in [-0.39, 0.29) is 12.1 Å². The van der Waals surface area contributed by atoms with Crippen molar-refractivity contribution >= 4 is 23.0 Å². The molecule has 0 amide bonds. The molecular weight excluding hydrogens is 230 g/mol. The van der Waals surface area contributed by atoms with Crippen LogP contribution in [0.25, 0.3) is 0 Å².